The fraction of sp³-hybridized carbons (Fsp3) is 0.125. The summed E-state index contributed by atoms with van der Waals surface area (Å²) >= 11 is 0. The van der Waals surface area contributed by atoms with Crippen LogP contribution < -0.4 is 10.7 Å². The van der Waals surface area contributed by atoms with Crippen LogP contribution in [0.3, 0.4) is 0 Å². The molecule has 7 nitrogen and oxygen atoms in total. The molecule has 2 aromatic rings. The van der Waals surface area contributed by atoms with Gasteiger partial charge < -0.3 is 10.4 Å². The molecule has 0 radical (unpaired) electrons. The van der Waals surface area contributed by atoms with E-state index in [4.69, 9.17) is 0 Å². The second-order valence-electron chi connectivity index (χ2n) is 4.75. The molecule has 3 N–H and O–H groups in total. The number of anilines is 1. The first-order chi connectivity index (χ1) is 11.1. The summed E-state index contributed by atoms with van der Waals surface area (Å²) in [7, 11) is 0. The Morgan fingerprint density at radius 3 is 2.61 bits per heavy atom. The smallest absolute Gasteiger partial charge is 0.275 e. The number of benzene rings is 1. The van der Waals surface area contributed by atoms with Crippen molar-refractivity contribution in [3.05, 3.63) is 54.2 Å². The van der Waals surface area contributed by atoms with Crippen molar-refractivity contribution in [1.82, 2.24) is 10.4 Å². The third-order valence-corrected chi connectivity index (χ3v) is 2.85. The normalized spacial score (nSPS) is 10.9. The maximum Gasteiger partial charge on any atom is 0.275 e. The predicted molar refractivity (Wildman–Crippen MR) is 86.2 cm³/mol. The predicted octanol–water partition coefficient (Wildman–Crippen LogP) is 1.92. The quantitative estimate of drug-likeness (QED) is 0.579. The molecule has 0 aliphatic rings. The zero-order valence-corrected chi connectivity index (χ0v) is 12.5. The number of nitrogens with one attached hydrogen (secondary N) is 2. The van der Waals surface area contributed by atoms with Gasteiger partial charge in [-0.3, -0.25) is 9.59 Å². The number of carbonyl (C=O) groups is 2. The lowest BCUT2D eigenvalue weighted by Crippen LogP contribution is -2.21. The lowest BCUT2D eigenvalue weighted by Gasteiger charge is -2.05. The van der Waals surface area contributed by atoms with Crippen LogP contribution in [0, 0.1) is 0 Å². The van der Waals surface area contributed by atoms with Crippen molar-refractivity contribution in [3.63, 3.8) is 0 Å². The number of pyridine rings is 1. The lowest BCUT2D eigenvalue weighted by molar-refractivity contribution is -0.115. The molecule has 1 heterocycles. The minimum Gasteiger partial charge on any atom is -0.507 e. The third kappa shape index (κ3) is 4.92. The summed E-state index contributed by atoms with van der Waals surface area (Å²) < 4.78 is 0. The van der Waals surface area contributed by atoms with E-state index in [9.17, 15) is 14.7 Å². The van der Waals surface area contributed by atoms with E-state index in [1.807, 2.05) is 0 Å². The Hall–Kier alpha value is -3.22. The van der Waals surface area contributed by atoms with Gasteiger partial charge in [0, 0.05) is 11.9 Å². The van der Waals surface area contributed by atoms with Gasteiger partial charge in [0.2, 0.25) is 5.91 Å². The molecule has 1 aromatic carbocycles. The molecule has 0 saturated heterocycles. The Kier molecular flexibility index (Phi) is 5.40. The number of aromatic nitrogens is 1. The first kappa shape index (κ1) is 16.2. The van der Waals surface area contributed by atoms with Gasteiger partial charge in [-0.25, -0.2) is 10.4 Å². The highest BCUT2D eigenvalue weighted by Gasteiger charge is 2.10. The van der Waals surface area contributed by atoms with Crippen molar-refractivity contribution in [1.29, 1.82) is 0 Å². The summed E-state index contributed by atoms with van der Waals surface area (Å²) in [4.78, 5) is 27.6. The van der Waals surface area contributed by atoms with Gasteiger partial charge in [0.25, 0.3) is 5.91 Å². The first-order valence-corrected chi connectivity index (χ1v) is 6.88. The van der Waals surface area contributed by atoms with E-state index >= 15 is 0 Å². The average Bonchev–Trinajstić information content (AvgIpc) is 2.54. The van der Waals surface area contributed by atoms with E-state index in [2.05, 4.69) is 20.8 Å². The van der Waals surface area contributed by atoms with Gasteiger partial charge in [0.15, 0.2) is 0 Å². The van der Waals surface area contributed by atoms with E-state index in [1.54, 1.807) is 43.5 Å². The van der Waals surface area contributed by atoms with Crippen LogP contribution in [0.5, 0.6) is 5.75 Å². The molecule has 23 heavy (non-hydrogen) atoms. The second kappa shape index (κ2) is 7.69. The Morgan fingerprint density at radius 2 is 1.91 bits per heavy atom. The number of aromatic hydroxyl groups is 1. The molecule has 0 atom stereocenters. The lowest BCUT2D eigenvalue weighted by atomic mass is 10.2. The van der Waals surface area contributed by atoms with Crippen molar-refractivity contribution in [3.8, 4) is 5.75 Å². The molecule has 2 rings (SSSR count). The topological polar surface area (TPSA) is 104 Å². The Bertz CT molecular complexity index is 729. The molecule has 0 fully saturated rings. The van der Waals surface area contributed by atoms with Gasteiger partial charge in [-0.2, -0.15) is 5.10 Å². The summed E-state index contributed by atoms with van der Waals surface area (Å²) in [5.74, 6) is -0.524. The number of hydrogen-bond acceptors (Lipinski definition) is 5. The number of hydrazone groups is 1. The zero-order chi connectivity index (χ0) is 16.7. The molecule has 0 saturated carbocycles. The molecular formula is C16H16N4O3. The number of hydrogen-bond donors (Lipinski definition) is 3. The highest BCUT2D eigenvalue weighted by molar-refractivity contribution is 6.06. The van der Waals surface area contributed by atoms with Crippen molar-refractivity contribution >= 4 is 23.3 Å². The molecule has 118 valence electrons. The van der Waals surface area contributed by atoms with Crippen LogP contribution in [0.2, 0.25) is 0 Å². The van der Waals surface area contributed by atoms with Gasteiger partial charge in [0.05, 0.1) is 12.0 Å². The summed E-state index contributed by atoms with van der Waals surface area (Å²) in [5.41, 5.74) is 2.83. The van der Waals surface area contributed by atoms with E-state index in [0.29, 0.717) is 11.5 Å². The van der Waals surface area contributed by atoms with Crippen LogP contribution in [0.15, 0.2) is 53.8 Å². The van der Waals surface area contributed by atoms with Crippen molar-refractivity contribution in [2.45, 2.75) is 13.3 Å². The largest absolute Gasteiger partial charge is 0.507 e. The van der Waals surface area contributed by atoms with Crippen molar-refractivity contribution < 1.29 is 14.7 Å². The van der Waals surface area contributed by atoms with Crippen LogP contribution in [-0.2, 0) is 4.79 Å². The van der Waals surface area contributed by atoms with Gasteiger partial charge in [-0.1, -0.05) is 18.2 Å². The molecule has 0 spiro atoms. The van der Waals surface area contributed by atoms with Gasteiger partial charge in [0.1, 0.15) is 11.6 Å². The Labute approximate surface area is 133 Å². The summed E-state index contributed by atoms with van der Waals surface area (Å²) in [6.45, 7) is 1.61. The molecule has 0 unspecified atom stereocenters. The molecule has 1 aromatic heterocycles. The maximum absolute atomic E-state index is 11.9. The number of phenolic OH excluding ortho intramolecular Hbond substituents is 1. The number of rotatable bonds is 5. The highest BCUT2D eigenvalue weighted by Crippen LogP contribution is 2.14. The standard InChI is InChI=1S/C16H16N4O3/c1-11(10-15(22)18-14-8-4-5-9-17-14)19-20-16(23)12-6-2-3-7-13(12)21/h2-9,21H,10H2,1H3,(H,20,23)(H,17,18,22). The zero-order valence-electron chi connectivity index (χ0n) is 12.5. The van der Waals surface area contributed by atoms with Crippen LogP contribution in [0.25, 0.3) is 0 Å². The summed E-state index contributed by atoms with van der Waals surface area (Å²) in [5, 5.41) is 16.0. The molecule has 7 heteroatoms. The van der Waals surface area contributed by atoms with E-state index < -0.39 is 5.91 Å². The number of para-hydroxylation sites is 1. The SMILES string of the molecule is CC(CC(=O)Nc1ccccn1)=NNC(=O)c1ccccc1O. The van der Waals surface area contributed by atoms with Gasteiger partial charge in [-0.05, 0) is 31.2 Å². The van der Waals surface area contributed by atoms with Crippen LogP contribution >= 0.6 is 0 Å². The fourth-order valence-corrected chi connectivity index (χ4v) is 1.77. The second-order valence-corrected chi connectivity index (χ2v) is 4.75. The number of phenols is 1. The average molecular weight is 312 g/mol. The summed E-state index contributed by atoms with van der Waals surface area (Å²) in [6, 6.07) is 11.3. The van der Waals surface area contributed by atoms with Crippen molar-refractivity contribution in [2.24, 2.45) is 5.10 Å². The van der Waals surface area contributed by atoms with Gasteiger partial charge >= 0.3 is 0 Å². The third-order valence-electron chi connectivity index (χ3n) is 2.85. The minimum absolute atomic E-state index is 0.0115. The van der Waals surface area contributed by atoms with Crippen LogP contribution in [-0.4, -0.2) is 27.6 Å². The monoisotopic (exact) mass is 312 g/mol. The van der Waals surface area contributed by atoms with E-state index in [1.165, 1.54) is 12.1 Å². The molecule has 2 amide bonds. The Balaban J connectivity index is 1.89. The molecule has 0 aliphatic heterocycles. The van der Waals surface area contributed by atoms with Gasteiger partial charge in [-0.15, -0.1) is 0 Å². The van der Waals surface area contributed by atoms with E-state index in [-0.39, 0.29) is 23.6 Å². The number of amides is 2. The molecular weight excluding hydrogens is 296 g/mol. The maximum atomic E-state index is 11.9. The van der Waals surface area contributed by atoms with Crippen LogP contribution in [0.4, 0.5) is 5.82 Å². The number of carbonyl (C=O) groups excluding carboxylic acids is 2. The first-order valence-electron chi connectivity index (χ1n) is 6.88. The minimum atomic E-state index is -0.549. The van der Waals surface area contributed by atoms with Crippen molar-refractivity contribution in [2.75, 3.05) is 5.32 Å². The van der Waals surface area contributed by atoms with E-state index in [0.717, 1.165) is 0 Å². The molecule has 0 aliphatic carbocycles. The summed E-state index contributed by atoms with van der Waals surface area (Å²) in [6.07, 6.45) is 1.58. The highest BCUT2D eigenvalue weighted by atomic mass is 16.3. The Morgan fingerprint density at radius 1 is 1.17 bits per heavy atom. The molecule has 0 bridgehead atoms. The number of nitrogens with zero attached hydrogens (tertiary/aromatic N) is 2. The fourth-order valence-electron chi connectivity index (χ4n) is 1.77. The van der Waals surface area contributed by atoms with Crippen LogP contribution in [0.1, 0.15) is 23.7 Å².